The summed E-state index contributed by atoms with van der Waals surface area (Å²) in [5.41, 5.74) is 8.10. The van der Waals surface area contributed by atoms with Gasteiger partial charge in [0.05, 0.1) is 0 Å². The first kappa shape index (κ1) is 12.9. The molecule has 0 spiro atoms. The van der Waals surface area contributed by atoms with Crippen LogP contribution in [0.5, 0.6) is 0 Å². The highest BCUT2D eigenvalue weighted by Crippen LogP contribution is 2.30. The van der Waals surface area contributed by atoms with Gasteiger partial charge in [-0.25, -0.2) is 0 Å². The Labute approximate surface area is 115 Å². The third-order valence-corrected chi connectivity index (χ3v) is 4.23. The standard InChI is InChI=1S/C16H24N2O/c17-15-3-1-2-14(10-15)12-18(16-4-5-16)11-13-6-8-19-9-7-13/h1-3,10,13,16H,4-9,11-12,17H2. The molecule has 3 heteroatoms. The van der Waals surface area contributed by atoms with Crippen molar-refractivity contribution in [1.82, 2.24) is 4.90 Å². The Kier molecular flexibility index (Phi) is 4.04. The molecular formula is C16H24N2O. The molecule has 2 fully saturated rings. The molecule has 0 unspecified atom stereocenters. The van der Waals surface area contributed by atoms with Crippen molar-refractivity contribution in [3.63, 3.8) is 0 Å². The van der Waals surface area contributed by atoms with Crippen molar-refractivity contribution < 1.29 is 4.74 Å². The van der Waals surface area contributed by atoms with Gasteiger partial charge in [-0.15, -0.1) is 0 Å². The van der Waals surface area contributed by atoms with Crippen LogP contribution >= 0.6 is 0 Å². The minimum absolute atomic E-state index is 0.810. The highest BCUT2D eigenvalue weighted by molar-refractivity contribution is 5.40. The molecule has 1 saturated carbocycles. The second kappa shape index (κ2) is 5.93. The largest absolute Gasteiger partial charge is 0.399 e. The molecule has 3 nitrogen and oxygen atoms in total. The molecule has 0 bridgehead atoms. The lowest BCUT2D eigenvalue weighted by Crippen LogP contribution is -2.33. The zero-order chi connectivity index (χ0) is 13.1. The molecule has 2 N–H and O–H groups in total. The van der Waals surface area contributed by atoms with E-state index in [1.54, 1.807) is 0 Å². The minimum Gasteiger partial charge on any atom is -0.399 e. The molecule has 0 atom stereocenters. The summed E-state index contributed by atoms with van der Waals surface area (Å²) in [4.78, 5) is 2.66. The quantitative estimate of drug-likeness (QED) is 0.827. The van der Waals surface area contributed by atoms with Crippen LogP contribution < -0.4 is 5.73 Å². The van der Waals surface area contributed by atoms with Crippen LogP contribution in [-0.4, -0.2) is 30.7 Å². The van der Waals surface area contributed by atoms with Gasteiger partial charge in [0, 0.05) is 38.0 Å². The van der Waals surface area contributed by atoms with Gasteiger partial charge in [0.2, 0.25) is 0 Å². The van der Waals surface area contributed by atoms with Crippen LogP contribution in [0.25, 0.3) is 0 Å². The maximum absolute atomic E-state index is 5.88. The monoisotopic (exact) mass is 260 g/mol. The summed E-state index contributed by atoms with van der Waals surface area (Å²) in [6.07, 6.45) is 5.18. The second-order valence-corrected chi connectivity index (χ2v) is 5.96. The topological polar surface area (TPSA) is 38.5 Å². The van der Waals surface area contributed by atoms with Crippen molar-refractivity contribution in [3.8, 4) is 0 Å². The molecule has 104 valence electrons. The molecule has 1 aromatic rings. The molecule has 1 heterocycles. The Morgan fingerprint density at radius 1 is 1.16 bits per heavy atom. The maximum Gasteiger partial charge on any atom is 0.0469 e. The Morgan fingerprint density at radius 3 is 2.63 bits per heavy atom. The number of nitrogen functional groups attached to an aromatic ring is 1. The van der Waals surface area contributed by atoms with Crippen LogP contribution in [0, 0.1) is 5.92 Å². The van der Waals surface area contributed by atoms with E-state index in [0.29, 0.717) is 0 Å². The lowest BCUT2D eigenvalue weighted by atomic mass is 9.99. The van der Waals surface area contributed by atoms with Crippen LogP contribution in [0.2, 0.25) is 0 Å². The fraction of sp³-hybridized carbons (Fsp3) is 0.625. The number of nitrogens with zero attached hydrogens (tertiary/aromatic N) is 1. The zero-order valence-corrected chi connectivity index (χ0v) is 11.6. The van der Waals surface area contributed by atoms with Gasteiger partial charge in [-0.05, 0) is 49.3 Å². The summed E-state index contributed by atoms with van der Waals surface area (Å²) >= 11 is 0. The van der Waals surface area contributed by atoms with Gasteiger partial charge in [0.25, 0.3) is 0 Å². The van der Waals surface area contributed by atoms with Gasteiger partial charge in [-0.3, -0.25) is 4.90 Å². The first-order valence-corrected chi connectivity index (χ1v) is 7.47. The fourth-order valence-corrected chi connectivity index (χ4v) is 2.97. The van der Waals surface area contributed by atoms with Crippen molar-refractivity contribution in [2.24, 2.45) is 5.92 Å². The van der Waals surface area contributed by atoms with Crippen LogP contribution in [0.4, 0.5) is 5.69 Å². The predicted molar refractivity (Wildman–Crippen MR) is 77.8 cm³/mol. The van der Waals surface area contributed by atoms with Gasteiger partial charge in [-0.1, -0.05) is 12.1 Å². The van der Waals surface area contributed by atoms with Crippen LogP contribution in [0.15, 0.2) is 24.3 Å². The SMILES string of the molecule is Nc1cccc(CN(CC2CCOCC2)C2CC2)c1. The minimum atomic E-state index is 0.810. The molecule has 0 radical (unpaired) electrons. The number of nitrogens with two attached hydrogens (primary N) is 1. The first-order chi connectivity index (χ1) is 9.31. The van der Waals surface area contributed by atoms with Gasteiger partial charge in [-0.2, -0.15) is 0 Å². The Hall–Kier alpha value is -1.06. The first-order valence-electron chi connectivity index (χ1n) is 7.47. The smallest absolute Gasteiger partial charge is 0.0469 e. The van der Waals surface area contributed by atoms with E-state index in [4.69, 9.17) is 10.5 Å². The molecule has 3 rings (SSSR count). The highest BCUT2D eigenvalue weighted by atomic mass is 16.5. The Balaban J connectivity index is 1.60. The van der Waals surface area contributed by atoms with Gasteiger partial charge in [0.1, 0.15) is 0 Å². The van der Waals surface area contributed by atoms with E-state index < -0.39 is 0 Å². The van der Waals surface area contributed by atoms with E-state index in [-0.39, 0.29) is 0 Å². The number of hydrogen-bond acceptors (Lipinski definition) is 3. The lowest BCUT2D eigenvalue weighted by molar-refractivity contribution is 0.0501. The highest BCUT2D eigenvalue weighted by Gasteiger charge is 2.30. The summed E-state index contributed by atoms with van der Waals surface area (Å²) in [5, 5.41) is 0. The summed E-state index contributed by atoms with van der Waals surface area (Å²) in [6.45, 7) is 4.17. The van der Waals surface area contributed by atoms with Crippen LogP contribution in [0.3, 0.4) is 0 Å². The third-order valence-electron chi connectivity index (χ3n) is 4.23. The zero-order valence-electron chi connectivity index (χ0n) is 11.6. The predicted octanol–water partition coefficient (Wildman–Crippen LogP) is 2.66. The van der Waals surface area contributed by atoms with Gasteiger partial charge in [0.15, 0.2) is 0 Å². The van der Waals surface area contributed by atoms with Crippen molar-refractivity contribution >= 4 is 5.69 Å². The number of anilines is 1. The van der Waals surface area contributed by atoms with Crippen molar-refractivity contribution in [2.45, 2.75) is 38.3 Å². The Morgan fingerprint density at radius 2 is 1.95 bits per heavy atom. The third kappa shape index (κ3) is 3.71. The van der Waals surface area contributed by atoms with Crippen LogP contribution in [0.1, 0.15) is 31.2 Å². The van der Waals surface area contributed by atoms with Crippen LogP contribution in [-0.2, 0) is 11.3 Å². The van der Waals surface area contributed by atoms with E-state index in [2.05, 4.69) is 23.1 Å². The van der Waals surface area contributed by atoms with Gasteiger partial charge >= 0.3 is 0 Å². The van der Waals surface area contributed by atoms with Crippen molar-refractivity contribution in [1.29, 1.82) is 0 Å². The summed E-state index contributed by atoms with van der Waals surface area (Å²) in [7, 11) is 0. The molecule has 1 aliphatic heterocycles. The maximum atomic E-state index is 5.88. The molecule has 1 aliphatic carbocycles. The summed E-state index contributed by atoms with van der Waals surface area (Å²) in [5.74, 6) is 0.815. The number of hydrogen-bond donors (Lipinski definition) is 1. The average molecular weight is 260 g/mol. The molecule has 0 aromatic heterocycles. The number of benzene rings is 1. The average Bonchev–Trinajstić information content (AvgIpc) is 3.23. The normalized spacial score (nSPS) is 20.9. The second-order valence-electron chi connectivity index (χ2n) is 5.96. The van der Waals surface area contributed by atoms with E-state index in [1.807, 2.05) is 6.07 Å². The molecule has 1 aromatic carbocycles. The van der Waals surface area contributed by atoms with Crippen molar-refractivity contribution in [2.75, 3.05) is 25.5 Å². The molecule has 19 heavy (non-hydrogen) atoms. The number of ether oxygens (including phenoxy) is 1. The van der Waals surface area contributed by atoms with E-state index in [0.717, 1.165) is 37.4 Å². The van der Waals surface area contributed by atoms with Gasteiger partial charge < -0.3 is 10.5 Å². The molecule has 2 aliphatic rings. The fourth-order valence-electron chi connectivity index (χ4n) is 2.97. The summed E-state index contributed by atoms with van der Waals surface area (Å²) in [6, 6.07) is 9.13. The van der Waals surface area contributed by atoms with E-state index in [9.17, 15) is 0 Å². The lowest BCUT2D eigenvalue weighted by Gasteiger charge is -2.30. The molecule has 0 amide bonds. The Bertz CT molecular complexity index is 411. The summed E-state index contributed by atoms with van der Waals surface area (Å²) < 4.78 is 5.46. The van der Waals surface area contributed by atoms with Crippen molar-refractivity contribution in [3.05, 3.63) is 29.8 Å². The molecule has 1 saturated heterocycles. The number of rotatable bonds is 5. The van der Waals surface area contributed by atoms with E-state index in [1.165, 1.54) is 37.8 Å². The van der Waals surface area contributed by atoms with E-state index >= 15 is 0 Å². The molecular weight excluding hydrogens is 236 g/mol.